The molecule has 1 amide bonds. The van der Waals surface area contributed by atoms with Gasteiger partial charge in [0.2, 0.25) is 21.8 Å². The van der Waals surface area contributed by atoms with Crippen LogP contribution >= 0.6 is 11.6 Å². The molecular weight excluding hydrogens is 464 g/mol. The number of amides is 1. The molecule has 0 N–H and O–H groups in total. The first-order valence-corrected chi connectivity index (χ1v) is 12.7. The molecule has 1 aliphatic rings. The highest BCUT2D eigenvalue weighted by molar-refractivity contribution is 7.89. The first-order valence-electron chi connectivity index (χ1n) is 10.8. The Bertz CT molecular complexity index is 1240. The maximum Gasteiger partial charge on any atom is 0.254 e. The van der Waals surface area contributed by atoms with Crippen LogP contribution in [0.15, 0.2) is 57.8 Å². The monoisotopic (exact) mass is 488 g/mol. The van der Waals surface area contributed by atoms with Gasteiger partial charge in [-0.3, -0.25) is 4.79 Å². The third-order valence-electron chi connectivity index (χ3n) is 5.57. The topological polar surface area (TPSA) is 96.6 Å². The fourth-order valence-electron chi connectivity index (χ4n) is 3.61. The molecule has 0 radical (unpaired) electrons. The zero-order valence-electron chi connectivity index (χ0n) is 18.4. The van der Waals surface area contributed by atoms with Crippen LogP contribution in [0.5, 0.6) is 0 Å². The van der Waals surface area contributed by atoms with Gasteiger partial charge in [-0.15, -0.1) is 10.2 Å². The van der Waals surface area contributed by atoms with Crippen LogP contribution in [0.1, 0.15) is 42.9 Å². The molecule has 0 aliphatic heterocycles. The molecule has 0 unspecified atom stereocenters. The van der Waals surface area contributed by atoms with Crippen LogP contribution in [0.4, 0.5) is 0 Å². The Kier molecular flexibility index (Phi) is 6.83. The number of sulfonamides is 1. The Morgan fingerprint density at radius 3 is 2.33 bits per heavy atom. The van der Waals surface area contributed by atoms with Crippen LogP contribution in [0.2, 0.25) is 5.02 Å². The standard InChI is InChI=1S/C23H25ClN4O4S/c1-3-27(4-2)33(30,31)18-13-9-16(10-14-18)23(29)28(17-11-12-17)15-21-25-26-22(32-21)19-7-5-6-8-20(19)24/h5-10,13-14,17H,3-4,11-12,15H2,1-2H3. The van der Waals surface area contributed by atoms with Gasteiger partial charge >= 0.3 is 0 Å². The first kappa shape index (κ1) is 23.4. The number of hydrogen-bond donors (Lipinski definition) is 0. The summed E-state index contributed by atoms with van der Waals surface area (Å²) in [5.74, 6) is 0.400. The van der Waals surface area contributed by atoms with Crippen molar-refractivity contribution in [3.8, 4) is 11.5 Å². The van der Waals surface area contributed by atoms with Crippen molar-refractivity contribution in [2.75, 3.05) is 13.1 Å². The van der Waals surface area contributed by atoms with Crippen molar-refractivity contribution >= 4 is 27.5 Å². The number of halogens is 1. The number of nitrogens with zero attached hydrogens (tertiary/aromatic N) is 4. The maximum atomic E-state index is 13.2. The van der Waals surface area contributed by atoms with E-state index in [-0.39, 0.29) is 23.4 Å². The summed E-state index contributed by atoms with van der Waals surface area (Å²) < 4.78 is 32.6. The Morgan fingerprint density at radius 2 is 1.73 bits per heavy atom. The van der Waals surface area contributed by atoms with E-state index in [4.69, 9.17) is 16.0 Å². The van der Waals surface area contributed by atoms with Gasteiger partial charge in [-0.25, -0.2) is 8.42 Å². The average molecular weight is 489 g/mol. The van der Waals surface area contributed by atoms with Gasteiger partial charge in [0.25, 0.3) is 5.91 Å². The molecule has 0 spiro atoms. The molecule has 1 heterocycles. The molecule has 1 fully saturated rings. The van der Waals surface area contributed by atoms with E-state index >= 15 is 0 Å². The number of benzene rings is 2. The van der Waals surface area contributed by atoms with Crippen molar-refractivity contribution in [1.82, 2.24) is 19.4 Å². The molecule has 10 heteroatoms. The molecule has 1 saturated carbocycles. The predicted octanol–water partition coefficient (Wildman–Crippen LogP) is 4.23. The third kappa shape index (κ3) is 4.95. The largest absolute Gasteiger partial charge is 0.419 e. The van der Waals surface area contributed by atoms with E-state index in [2.05, 4.69) is 10.2 Å². The van der Waals surface area contributed by atoms with E-state index in [9.17, 15) is 13.2 Å². The quantitative estimate of drug-likeness (QED) is 0.447. The lowest BCUT2D eigenvalue weighted by molar-refractivity contribution is 0.0714. The average Bonchev–Trinajstić information content (AvgIpc) is 3.56. The highest BCUT2D eigenvalue weighted by Crippen LogP contribution is 2.31. The summed E-state index contributed by atoms with van der Waals surface area (Å²) in [7, 11) is -3.58. The summed E-state index contributed by atoms with van der Waals surface area (Å²) in [4.78, 5) is 15.1. The number of carbonyl (C=O) groups excluding carboxylic acids is 1. The van der Waals surface area contributed by atoms with Gasteiger partial charge in [-0.1, -0.05) is 37.6 Å². The number of carbonyl (C=O) groups is 1. The number of rotatable bonds is 9. The molecule has 33 heavy (non-hydrogen) atoms. The molecule has 174 valence electrons. The fourth-order valence-corrected chi connectivity index (χ4v) is 5.28. The molecule has 2 aromatic carbocycles. The van der Waals surface area contributed by atoms with E-state index in [1.165, 1.54) is 16.4 Å². The van der Waals surface area contributed by atoms with Gasteiger partial charge in [-0.2, -0.15) is 4.31 Å². The van der Waals surface area contributed by atoms with Crippen molar-refractivity contribution in [2.45, 2.75) is 44.2 Å². The minimum atomic E-state index is -3.58. The lowest BCUT2D eigenvalue weighted by atomic mass is 10.2. The van der Waals surface area contributed by atoms with Gasteiger partial charge < -0.3 is 9.32 Å². The van der Waals surface area contributed by atoms with E-state index in [1.807, 2.05) is 12.1 Å². The summed E-state index contributed by atoms with van der Waals surface area (Å²) in [5, 5.41) is 8.67. The third-order valence-corrected chi connectivity index (χ3v) is 7.96. The van der Waals surface area contributed by atoms with Crippen molar-refractivity contribution in [2.24, 2.45) is 0 Å². The van der Waals surface area contributed by atoms with E-state index in [1.54, 1.807) is 43.0 Å². The second-order valence-corrected chi connectivity index (χ2v) is 10.1. The summed E-state index contributed by atoms with van der Waals surface area (Å²) in [6.07, 6.45) is 1.79. The van der Waals surface area contributed by atoms with Gasteiger partial charge in [0.1, 0.15) is 0 Å². The van der Waals surface area contributed by atoms with Gasteiger partial charge in [0.05, 0.1) is 22.0 Å². The van der Waals surface area contributed by atoms with Crippen molar-refractivity contribution in [3.63, 3.8) is 0 Å². The predicted molar refractivity (Wildman–Crippen MR) is 124 cm³/mol. The van der Waals surface area contributed by atoms with Crippen molar-refractivity contribution < 1.29 is 17.6 Å². The molecule has 1 aliphatic carbocycles. The van der Waals surface area contributed by atoms with Crippen molar-refractivity contribution in [3.05, 3.63) is 65.0 Å². The molecule has 0 atom stereocenters. The summed E-state index contributed by atoms with van der Waals surface area (Å²) in [6.45, 7) is 4.52. The Morgan fingerprint density at radius 1 is 1.06 bits per heavy atom. The highest BCUT2D eigenvalue weighted by atomic mass is 35.5. The lowest BCUT2D eigenvalue weighted by Gasteiger charge is -2.21. The summed E-state index contributed by atoms with van der Waals surface area (Å²) in [5.41, 5.74) is 1.04. The zero-order chi connectivity index (χ0) is 23.6. The van der Waals surface area contributed by atoms with Gasteiger partial charge in [0.15, 0.2) is 0 Å². The van der Waals surface area contributed by atoms with E-state index in [0.717, 1.165) is 12.8 Å². The molecular formula is C23H25ClN4O4S. The maximum absolute atomic E-state index is 13.2. The van der Waals surface area contributed by atoms with Crippen LogP contribution in [-0.4, -0.2) is 52.9 Å². The SMILES string of the molecule is CCN(CC)S(=O)(=O)c1ccc(C(=O)N(Cc2nnc(-c3ccccc3Cl)o2)C2CC2)cc1. The van der Waals surface area contributed by atoms with Crippen LogP contribution in [-0.2, 0) is 16.6 Å². The zero-order valence-corrected chi connectivity index (χ0v) is 20.0. The van der Waals surface area contributed by atoms with E-state index in [0.29, 0.717) is 41.0 Å². The Hall–Kier alpha value is -2.75. The van der Waals surface area contributed by atoms with Crippen LogP contribution in [0.3, 0.4) is 0 Å². The van der Waals surface area contributed by atoms with Crippen molar-refractivity contribution in [1.29, 1.82) is 0 Å². The fraction of sp³-hybridized carbons (Fsp3) is 0.348. The smallest absolute Gasteiger partial charge is 0.254 e. The molecule has 4 rings (SSSR count). The first-order chi connectivity index (χ1) is 15.8. The van der Waals surface area contributed by atoms with Crippen LogP contribution in [0.25, 0.3) is 11.5 Å². The molecule has 0 saturated heterocycles. The second kappa shape index (κ2) is 9.62. The summed E-state index contributed by atoms with van der Waals surface area (Å²) in [6, 6.07) is 13.3. The van der Waals surface area contributed by atoms with Crippen LogP contribution < -0.4 is 0 Å². The number of aromatic nitrogens is 2. The minimum Gasteiger partial charge on any atom is -0.419 e. The highest BCUT2D eigenvalue weighted by Gasteiger charge is 2.34. The van der Waals surface area contributed by atoms with Gasteiger partial charge in [-0.05, 0) is 49.2 Å². The van der Waals surface area contributed by atoms with Crippen LogP contribution in [0, 0.1) is 0 Å². The second-order valence-electron chi connectivity index (χ2n) is 7.76. The molecule has 3 aromatic rings. The lowest BCUT2D eigenvalue weighted by Crippen LogP contribution is -2.33. The minimum absolute atomic E-state index is 0.0900. The van der Waals surface area contributed by atoms with E-state index < -0.39 is 10.0 Å². The normalized spacial score (nSPS) is 13.9. The Labute approximate surface area is 198 Å². The molecule has 8 nitrogen and oxygen atoms in total. The molecule has 0 bridgehead atoms. The Balaban J connectivity index is 1.53. The summed E-state index contributed by atoms with van der Waals surface area (Å²) >= 11 is 6.21. The number of hydrogen-bond acceptors (Lipinski definition) is 6. The molecule has 1 aromatic heterocycles. The van der Waals surface area contributed by atoms with Gasteiger partial charge in [0, 0.05) is 24.7 Å².